The molecule has 96 valence electrons. The molecule has 0 bridgehead atoms. The lowest BCUT2D eigenvalue weighted by atomic mass is 10.2. The number of aromatic nitrogens is 1. The normalized spacial score (nSPS) is 10.6. The van der Waals surface area contributed by atoms with Gasteiger partial charge in [0.1, 0.15) is 0 Å². The smallest absolute Gasteiger partial charge is 0.308 e. The minimum atomic E-state index is -0.336. The van der Waals surface area contributed by atoms with Gasteiger partial charge in [-0.05, 0) is 30.7 Å². The molecule has 2 rings (SSSR count). The van der Waals surface area contributed by atoms with E-state index >= 15 is 0 Å². The second-order valence-electron chi connectivity index (χ2n) is 4.16. The van der Waals surface area contributed by atoms with Gasteiger partial charge >= 0.3 is 5.97 Å². The number of ether oxygens (including phenoxy) is 1. The first-order valence-electron chi connectivity index (χ1n) is 6.04. The molecule has 3 nitrogen and oxygen atoms in total. The van der Waals surface area contributed by atoms with Gasteiger partial charge in [-0.3, -0.25) is 4.79 Å². The summed E-state index contributed by atoms with van der Waals surface area (Å²) in [7, 11) is 0. The zero-order valence-corrected chi connectivity index (χ0v) is 11.0. The largest absolute Gasteiger partial charge is 0.425 e. The topological polar surface area (TPSA) is 39.2 Å². The van der Waals surface area contributed by atoms with Crippen molar-refractivity contribution in [3.8, 4) is 5.75 Å². The molecule has 0 fully saturated rings. The van der Waals surface area contributed by atoms with Crippen LogP contribution < -0.4 is 4.74 Å². The van der Waals surface area contributed by atoms with Gasteiger partial charge in [0.15, 0.2) is 5.75 Å². The second kappa shape index (κ2) is 5.96. The zero-order valence-electron chi connectivity index (χ0n) is 11.0. The predicted molar refractivity (Wildman–Crippen MR) is 75.7 cm³/mol. The number of aryl methyl sites for hydroxylation is 1. The molecule has 19 heavy (non-hydrogen) atoms. The van der Waals surface area contributed by atoms with E-state index in [9.17, 15) is 4.79 Å². The van der Waals surface area contributed by atoms with Gasteiger partial charge in [0.2, 0.25) is 0 Å². The van der Waals surface area contributed by atoms with Crippen LogP contribution in [0.2, 0.25) is 0 Å². The van der Waals surface area contributed by atoms with Crippen molar-refractivity contribution in [1.29, 1.82) is 0 Å². The van der Waals surface area contributed by atoms with Gasteiger partial charge in [-0.1, -0.05) is 36.4 Å². The highest BCUT2D eigenvalue weighted by Crippen LogP contribution is 2.17. The molecule has 0 spiro atoms. The molecular formula is C16H15NO2. The fraction of sp³-hybridized carbons (Fsp3) is 0.125. The highest BCUT2D eigenvalue weighted by atomic mass is 16.5. The maximum atomic E-state index is 10.9. The summed E-state index contributed by atoms with van der Waals surface area (Å²) < 4.78 is 5.04. The SMILES string of the molecule is CC(=O)Oc1ccc(C=Cc2ccccc2)nc1C. The molecule has 0 radical (unpaired) electrons. The summed E-state index contributed by atoms with van der Waals surface area (Å²) in [5.74, 6) is 0.168. The highest BCUT2D eigenvalue weighted by Gasteiger charge is 2.03. The zero-order chi connectivity index (χ0) is 13.7. The van der Waals surface area contributed by atoms with Gasteiger partial charge < -0.3 is 4.74 Å². The van der Waals surface area contributed by atoms with E-state index in [2.05, 4.69) is 4.98 Å². The average molecular weight is 253 g/mol. The van der Waals surface area contributed by atoms with Crippen LogP contribution in [0.1, 0.15) is 23.9 Å². The molecule has 0 atom stereocenters. The molecule has 1 aromatic carbocycles. The molecule has 0 aliphatic rings. The molecule has 0 saturated heterocycles. The Hall–Kier alpha value is -2.42. The van der Waals surface area contributed by atoms with Crippen molar-refractivity contribution in [3.63, 3.8) is 0 Å². The number of hydrogen-bond acceptors (Lipinski definition) is 3. The minimum Gasteiger partial charge on any atom is -0.425 e. The Labute approximate surface area is 112 Å². The van der Waals surface area contributed by atoms with E-state index in [0.29, 0.717) is 11.4 Å². The number of hydrogen-bond donors (Lipinski definition) is 0. The summed E-state index contributed by atoms with van der Waals surface area (Å²) in [6.07, 6.45) is 3.92. The Kier molecular flexibility index (Phi) is 4.08. The molecule has 0 amide bonds. The van der Waals surface area contributed by atoms with Gasteiger partial charge in [0, 0.05) is 6.92 Å². The Morgan fingerprint density at radius 2 is 1.84 bits per heavy atom. The van der Waals surface area contributed by atoms with Gasteiger partial charge in [-0.2, -0.15) is 0 Å². The lowest BCUT2D eigenvalue weighted by Gasteiger charge is -2.04. The molecule has 0 aliphatic carbocycles. The summed E-state index contributed by atoms with van der Waals surface area (Å²) in [6.45, 7) is 3.20. The molecule has 0 aliphatic heterocycles. The second-order valence-corrected chi connectivity index (χ2v) is 4.16. The van der Waals surface area contributed by atoms with Crippen molar-refractivity contribution in [2.24, 2.45) is 0 Å². The molecule has 2 aromatic rings. The fourth-order valence-electron chi connectivity index (χ4n) is 1.67. The van der Waals surface area contributed by atoms with E-state index in [1.807, 2.05) is 55.5 Å². The number of esters is 1. The number of benzene rings is 1. The van der Waals surface area contributed by atoms with Crippen molar-refractivity contribution in [2.75, 3.05) is 0 Å². The Morgan fingerprint density at radius 1 is 1.11 bits per heavy atom. The summed E-state index contributed by atoms with van der Waals surface area (Å²) in [6, 6.07) is 13.6. The Balaban J connectivity index is 2.16. The minimum absolute atomic E-state index is 0.336. The first kappa shape index (κ1) is 13.0. The monoisotopic (exact) mass is 253 g/mol. The van der Waals surface area contributed by atoms with Crippen molar-refractivity contribution < 1.29 is 9.53 Å². The Morgan fingerprint density at radius 3 is 2.47 bits per heavy atom. The van der Waals surface area contributed by atoms with Crippen LogP contribution in [-0.2, 0) is 4.79 Å². The van der Waals surface area contributed by atoms with E-state index in [4.69, 9.17) is 4.74 Å². The summed E-state index contributed by atoms with van der Waals surface area (Å²) >= 11 is 0. The molecule has 0 saturated carbocycles. The predicted octanol–water partition coefficient (Wildman–Crippen LogP) is 3.49. The fourth-order valence-corrected chi connectivity index (χ4v) is 1.67. The maximum absolute atomic E-state index is 10.9. The van der Waals surface area contributed by atoms with Crippen molar-refractivity contribution in [3.05, 3.63) is 59.4 Å². The van der Waals surface area contributed by atoms with E-state index in [1.54, 1.807) is 6.07 Å². The van der Waals surface area contributed by atoms with Crippen LogP contribution in [0.5, 0.6) is 5.75 Å². The third-order valence-corrected chi connectivity index (χ3v) is 2.56. The first-order valence-corrected chi connectivity index (χ1v) is 6.04. The number of nitrogens with zero attached hydrogens (tertiary/aromatic N) is 1. The molecule has 0 unspecified atom stereocenters. The van der Waals surface area contributed by atoms with Crippen LogP contribution in [0.4, 0.5) is 0 Å². The number of carbonyl (C=O) groups excluding carboxylic acids is 1. The van der Waals surface area contributed by atoms with Crippen LogP contribution in [0.3, 0.4) is 0 Å². The Bertz CT molecular complexity index is 603. The summed E-state index contributed by atoms with van der Waals surface area (Å²) in [5.41, 5.74) is 2.65. The summed E-state index contributed by atoms with van der Waals surface area (Å²) in [5, 5.41) is 0. The molecule has 1 heterocycles. The lowest BCUT2D eigenvalue weighted by molar-refractivity contribution is -0.131. The van der Waals surface area contributed by atoms with Crippen molar-refractivity contribution in [1.82, 2.24) is 4.98 Å². The van der Waals surface area contributed by atoms with Crippen LogP contribution in [-0.4, -0.2) is 11.0 Å². The van der Waals surface area contributed by atoms with E-state index in [-0.39, 0.29) is 5.97 Å². The number of pyridine rings is 1. The van der Waals surface area contributed by atoms with Gasteiger partial charge in [-0.25, -0.2) is 4.98 Å². The van der Waals surface area contributed by atoms with E-state index in [1.165, 1.54) is 6.92 Å². The van der Waals surface area contributed by atoms with Gasteiger partial charge in [0.05, 0.1) is 11.4 Å². The maximum Gasteiger partial charge on any atom is 0.308 e. The van der Waals surface area contributed by atoms with Crippen LogP contribution in [0.15, 0.2) is 42.5 Å². The molecular weight excluding hydrogens is 238 g/mol. The summed E-state index contributed by atoms with van der Waals surface area (Å²) in [4.78, 5) is 15.3. The van der Waals surface area contributed by atoms with Crippen molar-refractivity contribution >= 4 is 18.1 Å². The average Bonchev–Trinajstić information content (AvgIpc) is 2.40. The third kappa shape index (κ3) is 3.78. The van der Waals surface area contributed by atoms with Gasteiger partial charge in [-0.15, -0.1) is 0 Å². The molecule has 3 heteroatoms. The number of carbonyl (C=O) groups is 1. The van der Waals surface area contributed by atoms with Crippen molar-refractivity contribution in [2.45, 2.75) is 13.8 Å². The highest BCUT2D eigenvalue weighted by molar-refractivity contribution is 5.70. The quantitative estimate of drug-likeness (QED) is 0.786. The van der Waals surface area contributed by atoms with Crippen LogP contribution in [0.25, 0.3) is 12.2 Å². The first-order chi connectivity index (χ1) is 9.15. The number of rotatable bonds is 3. The molecule has 0 N–H and O–H groups in total. The third-order valence-electron chi connectivity index (χ3n) is 2.56. The lowest BCUT2D eigenvalue weighted by Crippen LogP contribution is -2.03. The standard InChI is InChI=1S/C16H15NO2/c1-12-16(19-13(2)18)11-10-15(17-12)9-8-14-6-4-3-5-7-14/h3-11H,1-2H3. The van der Waals surface area contributed by atoms with E-state index in [0.717, 1.165) is 11.3 Å². The molecule has 1 aromatic heterocycles. The van der Waals surface area contributed by atoms with Gasteiger partial charge in [0.25, 0.3) is 0 Å². The van der Waals surface area contributed by atoms with Crippen LogP contribution in [0, 0.1) is 6.92 Å². The van der Waals surface area contributed by atoms with E-state index < -0.39 is 0 Å². The van der Waals surface area contributed by atoms with Crippen LogP contribution >= 0.6 is 0 Å².